The fourth-order valence-corrected chi connectivity index (χ4v) is 2.58. The number of anilines is 1. The summed E-state index contributed by atoms with van der Waals surface area (Å²) in [6.07, 6.45) is 6.22. The van der Waals surface area contributed by atoms with E-state index in [1.54, 1.807) is 0 Å². The summed E-state index contributed by atoms with van der Waals surface area (Å²) in [4.78, 5) is 28.0. The first-order valence-corrected chi connectivity index (χ1v) is 5.73. The van der Waals surface area contributed by atoms with Gasteiger partial charge in [0.15, 0.2) is 16.6 Å². The smallest absolute Gasteiger partial charge is 0.230 e. The molecule has 1 aromatic heterocycles. The van der Waals surface area contributed by atoms with Gasteiger partial charge in [-0.15, -0.1) is 12.3 Å². The molecule has 1 aliphatic heterocycles. The van der Waals surface area contributed by atoms with Gasteiger partial charge in [-0.25, -0.2) is 4.98 Å². The van der Waals surface area contributed by atoms with Crippen molar-refractivity contribution >= 4 is 40.3 Å². The maximum absolute atomic E-state index is 11.6. The van der Waals surface area contributed by atoms with Crippen molar-refractivity contribution < 1.29 is 9.59 Å². The highest BCUT2D eigenvalue weighted by atomic mass is 35.5. The lowest BCUT2D eigenvalue weighted by atomic mass is 10.1. The lowest BCUT2D eigenvalue weighted by Gasteiger charge is -2.10. The molecule has 0 spiro atoms. The highest BCUT2D eigenvalue weighted by Crippen LogP contribution is 2.32. The third-order valence-corrected chi connectivity index (χ3v) is 3.70. The monoisotopic (exact) mass is 254 g/mol. The summed E-state index contributed by atoms with van der Waals surface area (Å²) in [5.41, 5.74) is 0. The van der Waals surface area contributed by atoms with Crippen LogP contribution in [0.5, 0.6) is 0 Å². The molecule has 1 unspecified atom stereocenters. The summed E-state index contributed by atoms with van der Waals surface area (Å²) in [6, 6.07) is 0. The summed E-state index contributed by atoms with van der Waals surface area (Å²) in [7, 11) is 0. The van der Waals surface area contributed by atoms with E-state index < -0.39 is 0 Å². The Bertz CT molecular complexity index is 491. The summed E-state index contributed by atoms with van der Waals surface area (Å²) < 4.78 is 0. The topological polar surface area (TPSA) is 50.3 Å². The van der Waals surface area contributed by atoms with Crippen LogP contribution in [0, 0.1) is 18.3 Å². The van der Waals surface area contributed by atoms with Gasteiger partial charge >= 0.3 is 0 Å². The van der Waals surface area contributed by atoms with Gasteiger partial charge in [-0.2, -0.15) is 0 Å². The minimum atomic E-state index is -0.0881. The normalized spacial score (nSPS) is 19.9. The van der Waals surface area contributed by atoms with Crippen molar-refractivity contribution in [3.63, 3.8) is 0 Å². The van der Waals surface area contributed by atoms with Gasteiger partial charge in [-0.1, -0.05) is 22.9 Å². The van der Waals surface area contributed by atoms with Crippen molar-refractivity contribution in [3.05, 3.63) is 10.0 Å². The van der Waals surface area contributed by atoms with Crippen LogP contribution in [-0.2, 0) is 4.79 Å². The molecule has 1 fully saturated rings. The van der Waals surface area contributed by atoms with Crippen LogP contribution in [0.15, 0.2) is 0 Å². The first kappa shape index (κ1) is 11.1. The molecule has 1 aromatic rings. The Hall–Kier alpha value is -1.38. The molecule has 1 amide bonds. The number of hydrogen-bond donors (Lipinski definition) is 0. The predicted molar refractivity (Wildman–Crippen MR) is 61.8 cm³/mol. The van der Waals surface area contributed by atoms with E-state index in [1.165, 1.54) is 4.90 Å². The number of hydrogen-bond acceptors (Lipinski definition) is 4. The minimum Gasteiger partial charge on any atom is -0.297 e. The Labute approximate surface area is 101 Å². The first-order chi connectivity index (χ1) is 7.65. The Morgan fingerprint density at radius 1 is 1.69 bits per heavy atom. The molecule has 1 aliphatic rings. The minimum absolute atomic E-state index is 0.0779. The summed E-state index contributed by atoms with van der Waals surface area (Å²) >= 11 is 6.83. The first-order valence-electron chi connectivity index (χ1n) is 4.53. The molecular formula is C10H7ClN2O2S. The maximum atomic E-state index is 11.6. The molecule has 0 aliphatic carbocycles. The van der Waals surface area contributed by atoms with Gasteiger partial charge in [-0.05, 0) is 0 Å². The van der Waals surface area contributed by atoms with Crippen LogP contribution < -0.4 is 4.90 Å². The van der Waals surface area contributed by atoms with E-state index in [1.807, 2.05) is 0 Å². The molecule has 2 heterocycles. The lowest BCUT2D eigenvalue weighted by Crippen LogP contribution is -2.24. The zero-order valence-corrected chi connectivity index (χ0v) is 9.72. The van der Waals surface area contributed by atoms with Crippen molar-refractivity contribution in [1.82, 2.24) is 4.98 Å². The average Bonchev–Trinajstić information content (AvgIpc) is 2.81. The van der Waals surface area contributed by atoms with Gasteiger partial charge in [0.1, 0.15) is 4.88 Å². The standard InChI is InChI=1S/C10H7ClN2O2S/c1-2-6-3-8(15)13(4-6)10-12-9(11)7(5-14)16-10/h1,5-6H,3-4H2. The molecule has 4 nitrogen and oxygen atoms in total. The summed E-state index contributed by atoms with van der Waals surface area (Å²) in [6.45, 7) is 0.442. The van der Waals surface area contributed by atoms with E-state index in [2.05, 4.69) is 10.9 Å². The Morgan fingerprint density at radius 2 is 2.44 bits per heavy atom. The molecule has 82 valence electrons. The number of rotatable bonds is 2. The number of carbonyl (C=O) groups excluding carboxylic acids is 2. The quantitative estimate of drug-likeness (QED) is 0.595. The molecule has 0 aromatic carbocycles. The van der Waals surface area contributed by atoms with Gasteiger partial charge in [0.05, 0.1) is 0 Å². The Balaban J connectivity index is 2.28. The van der Waals surface area contributed by atoms with Crippen molar-refractivity contribution in [1.29, 1.82) is 0 Å². The number of halogens is 1. The Morgan fingerprint density at radius 3 is 2.94 bits per heavy atom. The highest BCUT2D eigenvalue weighted by molar-refractivity contribution is 7.17. The van der Waals surface area contributed by atoms with Crippen molar-refractivity contribution in [2.45, 2.75) is 6.42 Å². The number of aromatic nitrogens is 1. The van der Waals surface area contributed by atoms with Crippen LogP contribution in [-0.4, -0.2) is 23.7 Å². The summed E-state index contributed by atoms with van der Waals surface area (Å²) in [5.74, 6) is 2.38. The molecule has 0 N–H and O–H groups in total. The highest BCUT2D eigenvalue weighted by Gasteiger charge is 2.31. The van der Waals surface area contributed by atoms with Gasteiger partial charge in [0.25, 0.3) is 0 Å². The number of aldehydes is 1. The van der Waals surface area contributed by atoms with Gasteiger partial charge < -0.3 is 0 Å². The van der Waals surface area contributed by atoms with E-state index in [-0.39, 0.29) is 17.0 Å². The molecule has 2 rings (SSSR count). The van der Waals surface area contributed by atoms with Crippen molar-refractivity contribution in [2.75, 3.05) is 11.4 Å². The molecular weight excluding hydrogens is 248 g/mol. The number of amides is 1. The Kier molecular flexibility index (Phi) is 2.95. The third-order valence-electron chi connectivity index (χ3n) is 2.30. The van der Waals surface area contributed by atoms with Crippen LogP contribution in [0.2, 0.25) is 5.15 Å². The number of nitrogens with zero attached hydrogens (tertiary/aromatic N) is 2. The second kappa shape index (κ2) is 4.24. The fourth-order valence-electron chi connectivity index (χ4n) is 1.49. The van der Waals surface area contributed by atoms with Crippen LogP contribution in [0.4, 0.5) is 5.13 Å². The van der Waals surface area contributed by atoms with Gasteiger partial charge in [0, 0.05) is 18.9 Å². The molecule has 16 heavy (non-hydrogen) atoms. The number of thiazole rings is 1. The summed E-state index contributed by atoms with van der Waals surface area (Å²) in [5, 5.41) is 0.571. The van der Waals surface area contributed by atoms with E-state index >= 15 is 0 Å². The SMILES string of the molecule is C#CC1CC(=O)N(c2nc(Cl)c(C=O)s2)C1. The van der Waals surface area contributed by atoms with Crippen LogP contribution in [0.1, 0.15) is 16.1 Å². The molecule has 0 saturated carbocycles. The number of terminal acetylenes is 1. The lowest BCUT2D eigenvalue weighted by molar-refractivity contribution is -0.117. The predicted octanol–water partition coefficient (Wildman–Crippen LogP) is 1.60. The average molecular weight is 255 g/mol. The fraction of sp³-hybridized carbons (Fsp3) is 0.300. The maximum Gasteiger partial charge on any atom is 0.230 e. The van der Waals surface area contributed by atoms with Gasteiger partial charge in [-0.3, -0.25) is 14.5 Å². The zero-order valence-electron chi connectivity index (χ0n) is 8.14. The number of carbonyl (C=O) groups is 2. The van der Waals surface area contributed by atoms with E-state index in [0.717, 1.165) is 11.3 Å². The van der Waals surface area contributed by atoms with E-state index in [4.69, 9.17) is 18.0 Å². The van der Waals surface area contributed by atoms with E-state index in [0.29, 0.717) is 29.3 Å². The largest absolute Gasteiger partial charge is 0.297 e. The van der Waals surface area contributed by atoms with Gasteiger partial charge in [0.2, 0.25) is 5.91 Å². The molecule has 0 radical (unpaired) electrons. The molecule has 1 atom stereocenters. The second-order valence-corrected chi connectivity index (χ2v) is 4.71. The van der Waals surface area contributed by atoms with Crippen LogP contribution in [0.25, 0.3) is 0 Å². The molecule has 1 saturated heterocycles. The van der Waals surface area contributed by atoms with Crippen molar-refractivity contribution in [3.8, 4) is 12.3 Å². The third kappa shape index (κ3) is 1.82. The second-order valence-electron chi connectivity index (χ2n) is 3.34. The molecule has 6 heteroatoms. The van der Waals surface area contributed by atoms with Crippen LogP contribution >= 0.6 is 22.9 Å². The van der Waals surface area contributed by atoms with E-state index in [9.17, 15) is 9.59 Å². The molecule has 0 bridgehead atoms. The zero-order chi connectivity index (χ0) is 11.7. The van der Waals surface area contributed by atoms with Crippen molar-refractivity contribution in [2.24, 2.45) is 5.92 Å². The van der Waals surface area contributed by atoms with Crippen LogP contribution in [0.3, 0.4) is 0 Å².